The molecule has 0 aromatic carbocycles. The number of aliphatic hydroxyl groups is 1. The van der Waals surface area contributed by atoms with Crippen LogP contribution >= 0.6 is 11.3 Å². The highest BCUT2D eigenvalue weighted by molar-refractivity contribution is 7.16. The number of ether oxygens (including phenoxy) is 1. The van der Waals surface area contributed by atoms with E-state index in [1.807, 2.05) is 0 Å². The Bertz CT molecular complexity index is 618. The Balaban J connectivity index is 1.89. The molecule has 2 aliphatic rings. The Kier molecular flexibility index (Phi) is 4.70. The number of hydrogen-bond donors (Lipinski definition) is 3. The highest BCUT2D eigenvalue weighted by atomic mass is 32.1. The molecule has 2 heterocycles. The lowest BCUT2D eigenvalue weighted by atomic mass is 9.90. The summed E-state index contributed by atoms with van der Waals surface area (Å²) in [5.74, 6) is -1.26. The van der Waals surface area contributed by atoms with Crippen LogP contribution in [-0.2, 0) is 17.6 Å². The number of thiophene rings is 1. The highest BCUT2D eigenvalue weighted by Crippen LogP contribution is 2.35. The molecule has 3 rings (SSSR count). The molecule has 1 unspecified atom stereocenters. The topological polar surface area (TPSA) is 95.9 Å². The zero-order chi connectivity index (χ0) is 16.4. The minimum atomic E-state index is -0.968. The lowest BCUT2D eigenvalue weighted by Gasteiger charge is -2.36. The summed E-state index contributed by atoms with van der Waals surface area (Å²) in [7, 11) is 0. The standard InChI is InChI=1S/C16H21NO5S/c18-8-16(6-3-7-22-9-16)17-14(19)12-10-4-1-2-5-11(10)13(23-12)15(20)21/h18H,1-9H2,(H,17,19)(H,20,21). The summed E-state index contributed by atoms with van der Waals surface area (Å²) in [6.45, 7) is 0.738. The van der Waals surface area contributed by atoms with E-state index in [0.29, 0.717) is 17.9 Å². The fraction of sp³-hybridized carbons (Fsp3) is 0.625. The molecule has 3 N–H and O–H groups in total. The van der Waals surface area contributed by atoms with Gasteiger partial charge in [0.25, 0.3) is 5.91 Å². The van der Waals surface area contributed by atoms with Crippen LogP contribution in [0.1, 0.15) is 56.2 Å². The number of nitrogens with one attached hydrogen (secondary N) is 1. The van der Waals surface area contributed by atoms with Crippen molar-refractivity contribution in [3.63, 3.8) is 0 Å². The van der Waals surface area contributed by atoms with Gasteiger partial charge in [-0.05, 0) is 49.7 Å². The van der Waals surface area contributed by atoms with Gasteiger partial charge >= 0.3 is 5.97 Å². The normalized spacial score (nSPS) is 24.0. The van der Waals surface area contributed by atoms with Gasteiger partial charge in [0.05, 0.1) is 23.6 Å². The SMILES string of the molecule is O=C(O)c1sc(C(=O)NC2(CO)CCCOC2)c2c1CCCC2. The van der Waals surface area contributed by atoms with Crippen molar-refractivity contribution in [1.29, 1.82) is 0 Å². The second-order valence-corrected chi connectivity index (χ2v) is 7.30. The molecule has 7 heteroatoms. The third kappa shape index (κ3) is 3.13. The van der Waals surface area contributed by atoms with E-state index < -0.39 is 11.5 Å². The molecule has 0 radical (unpaired) electrons. The van der Waals surface area contributed by atoms with Gasteiger partial charge in [-0.25, -0.2) is 4.79 Å². The minimum Gasteiger partial charge on any atom is -0.477 e. The van der Waals surface area contributed by atoms with Crippen molar-refractivity contribution < 1.29 is 24.5 Å². The van der Waals surface area contributed by atoms with Crippen LogP contribution in [0, 0.1) is 0 Å². The Morgan fingerprint density at radius 2 is 1.87 bits per heavy atom. The van der Waals surface area contributed by atoms with E-state index >= 15 is 0 Å². The van der Waals surface area contributed by atoms with Crippen molar-refractivity contribution in [1.82, 2.24) is 5.32 Å². The molecule has 1 saturated heterocycles. The summed E-state index contributed by atoms with van der Waals surface area (Å²) < 4.78 is 5.40. The second-order valence-electron chi connectivity index (χ2n) is 6.28. The first-order chi connectivity index (χ1) is 11.1. The number of rotatable bonds is 4. The fourth-order valence-electron chi connectivity index (χ4n) is 3.40. The van der Waals surface area contributed by atoms with E-state index in [4.69, 9.17) is 4.74 Å². The maximum atomic E-state index is 12.7. The first-order valence-corrected chi connectivity index (χ1v) is 8.77. The van der Waals surface area contributed by atoms with Crippen LogP contribution in [0.5, 0.6) is 0 Å². The minimum absolute atomic E-state index is 0.182. The van der Waals surface area contributed by atoms with Gasteiger partial charge in [-0.3, -0.25) is 4.79 Å². The first kappa shape index (κ1) is 16.4. The third-order valence-corrected chi connectivity index (χ3v) is 5.89. The molecule has 0 bridgehead atoms. The molecule has 1 aliphatic carbocycles. The largest absolute Gasteiger partial charge is 0.477 e. The molecule has 1 aliphatic heterocycles. The van der Waals surface area contributed by atoms with Crippen molar-refractivity contribution >= 4 is 23.2 Å². The molecule has 0 saturated carbocycles. The van der Waals surface area contributed by atoms with Crippen LogP contribution < -0.4 is 5.32 Å². The third-order valence-electron chi connectivity index (χ3n) is 4.62. The number of amides is 1. The molecule has 1 aromatic rings. The number of aromatic carboxylic acids is 1. The Morgan fingerprint density at radius 1 is 1.17 bits per heavy atom. The van der Waals surface area contributed by atoms with Crippen molar-refractivity contribution in [2.75, 3.05) is 19.8 Å². The number of carbonyl (C=O) groups excluding carboxylic acids is 1. The molecular weight excluding hydrogens is 318 g/mol. The molecule has 1 aromatic heterocycles. The van der Waals surface area contributed by atoms with Crippen molar-refractivity contribution in [2.24, 2.45) is 0 Å². The molecule has 0 spiro atoms. The molecule has 126 valence electrons. The van der Waals surface area contributed by atoms with Gasteiger partial charge < -0.3 is 20.3 Å². The van der Waals surface area contributed by atoms with Gasteiger partial charge in [0.1, 0.15) is 4.88 Å². The zero-order valence-corrected chi connectivity index (χ0v) is 13.7. The maximum Gasteiger partial charge on any atom is 0.346 e. The molecular formula is C16H21NO5S. The number of hydrogen-bond acceptors (Lipinski definition) is 5. The number of carboxylic acids is 1. The van der Waals surface area contributed by atoms with Crippen LogP contribution in [0.2, 0.25) is 0 Å². The fourth-order valence-corrected chi connectivity index (χ4v) is 4.53. The maximum absolute atomic E-state index is 12.7. The summed E-state index contributed by atoms with van der Waals surface area (Å²) in [6.07, 6.45) is 4.83. The smallest absolute Gasteiger partial charge is 0.346 e. The van der Waals surface area contributed by atoms with Crippen LogP contribution in [0.4, 0.5) is 0 Å². The van der Waals surface area contributed by atoms with E-state index in [1.165, 1.54) is 0 Å². The molecule has 23 heavy (non-hydrogen) atoms. The second kappa shape index (κ2) is 6.59. The van der Waals surface area contributed by atoms with Crippen LogP contribution in [0.15, 0.2) is 0 Å². The molecule has 1 fully saturated rings. The van der Waals surface area contributed by atoms with Crippen LogP contribution in [0.3, 0.4) is 0 Å². The quantitative estimate of drug-likeness (QED) is 0.774. The molecule has 6 nitrogen and oxygen atoms in total. The number of fused-ring (bicyclic) bond motifs is 1. The molecule has 1 atom stereocenters. The Hall–Kier alpha value is -1.44. The van der Waals surface area contributed by atoms with E-state index in [9.17, 15) is 19.8 Å². The predicted molar refractivity (Wildman–Crippen MR) is 85.3 cm³/mol. The lowest BCUT2D eigenvalue weighted by Crippen LogP contribution is -2.56. The summed E-state index contributed by atoms with van der Waals surface area (Å²) in [4.78, 5) is 24.9. The summed E-state index contributed by atoms with van der Waals surface area (Å²) in [5, 5.41) is 22.0. The molecule has 1 amide bonds. The number of carboxylic acid groups (broad SMARTS) is 1. The summed E-state index contributed by atoms with van der Waals surface area (Å²) in [6, 6.07) is 0. The van der Waals surface area contributed by atoms with E-state index in [1.54, 1.807) is 0 Å². The lowest BCUT2D eigenvalue weighted by molar-refractivity contribution is -0.00532. The van der Waals surface area contributed by atoms with E-state index in [-0.39, 0.29) is 24.0 Å². The van der Waals surface area contributed by atoms with Gasteiger partial charge in [0.2, 0.25) is 0 Å². The van der Waals surface area contributed by atoms with Crippen molar-refractivity contribution in [3.8, 4) is 0 Å². The van der Waals surface area contributed by atoms with Gasteiger partial charge in [-0.15, -0.1) is 11.3 Å². The monoisotopic (exact) mass is 339 g/mol. The van der Waals surface area contributed by atoms with Gasteiger partial charge in [-0.2, -0.15) is 0 Å². The van der Waals surface area contributed by atoms with Crippen molar-refractivity contribution in [3.05, 3.63) is 20.9 Å². The summed E-state index contributed by atoms with van der Waals surface area (Å²) >= 11 is 1.06. The first-order valence-electron chi connectivity index (χ1n) is 7.95. The zero-order valence-electron chi connectivity index (χ0n) is 12.9. The van der Waals surface area contributed by atoms with Crippen LogP contribution in [-0.4, -0.2) is 47.4 Å². The Labute approximate surface area is 138 Å². The van der Waals surface area contributed by atoms with E-state index in [0.717, 1.165) is 54.6 Å². The van der Waals surface area contributed by atoms with Gasteiger partial charge in [0, 0.05) is 6.61 Å². The average molecular weight is 339 g/mol. The van der Waals surface area contributed by atoms with Crippen LogP contribution in [0.25, 0.3) is 0 Å². The average Bonchev–Trinajstić information content (AvgIpc) is 2.96. The van der Waals surface area contributed by atoms with Gasteiger partial charge in [0.15, 0.2) is 0 Å². The van der Waals surface area contributed by atoms with Crippen molar-refractivity contribution in [2.45, 2.75) is 44.1 Å². The highest BCUT2D eigenvalue weighted by Gasteiger charge is 2.36. The summed E-state index contributed by atoms with van der Waals surface area (Å²) in [5.41, 5.74) is 0.933. The predicted octanol–water partition coefficient (Wildman–Crippen LogP) is 1.60. The van der Waals surface area contributed by atoms with Gasteiger partial charge in [-0.1, -0.05) is 0 Å². The van der Waals surface area contributed by atoms with E-state index in [2.05, 4.69) is 5.32 Å². The Morgan fingerprint density at radius 3 is 2.43 bits per heavy atom. The number of carbonyl (C=O) groups is 2. The number of aliphatic hydroxyl groups excluding tert-OH is 1.